The van der Waals surface area contributed by atoms with Crippen LogP contribution in [0.1, 0.15) is 63.1 Å². The van der Waals surface area contributed by atoms with Gasteiger partial charge in [0, 0.05) is 28.6 Å². The van der Waals surface area contributed by atoms with Gasteiger partial charge in [-0.2, -0.15) is 0 Å². The Morgan fingerprint density at radius 1 is 1.04 bits per heavy atom. The molecule has 1 amide bonds. The molecule has 6 heteroatoms. The molecule has 1 N–H and O–H groups in total. The van der Waals surface area contributed by atoms with Crippen molar-refractivity contribution < 1.29 is 19.1 Å². The fourth-order valence-electron chi connectivity index (χ4n) is 3.27. The Hall–Kier alpha value is -2.89. The summed E-state index contributed by atoms with van der Waals surface area (Å²) in [4.78, 5) is 36.4. The quantitative estimate of drug-likeness (QED) is 0.586. The molecule has 0 aliphatic heterocycles. The van der Waals surface area contributed by atoms with Crippen LogP contribution in [-0.4, -0.2) is 35.4 Å². The number of ether oxygens (including phenoxy) is 1. The van der Waals surface area contributed by atoms with Crippen LogP contribution in [0.3, 0.4) is 0 Å². The van der Waals surface area contributed by atoms with E-state index in [1.807, 2.05) is 53.7 Å². The molecule has 28 heavy (non-hydrogen) atoms. The first-order valence-corrected chi connectivity index (χ1v) is 9.34. The van der Waals surface area contributed by atoms with Crippen LogP contribution in [0.15, 0.2) is 24.3 Å². The Labute approximate surface area is 165 Å². The Bertz CT molecular complexity index is 910. The van der Waals surface area contributed by atoms with Crippen LogP contribution in [0.4, 0.5) is 0 Å². The van der Waals surface area contributed by atoms with E-state index in [1.165, 1.54) is 0 Å². The lowest BCUT2D eigenvalue weighted by molar-refractivity contribution is -0.141. The minimum Gasteiger partial charge on any atom is -0.456 e. The number of hydrogen-bond acceptors (Lipinski definition) is 4. The highest BCUT2D eigenvalue weighted by Gasteiger charge is 2.18. The summed E-state index contributed by atoms with van der Waals surface area (Å²) in [6, 6.07) is 7.38. The third-order valence-corrected chi connectivity index (χ3v) is 4.83. The van der Waals surface area contributed by atoms with Gasteiger partial charge in [-0.05, 0) is 70.9 Å². The number of amides is 1. The van der Waals surface area contributed by atoms with Gasteiger partial charge in [0.25, 0.3) is 5.91 Å². The smallest absolute Gasteiger partial charge is 0.325 e. The summed E-state index contributed by atoms with van der Waals surface area (Å²) in [5.74, 6) is -1.26. The molecular weight excluding hydrogens is 356 g/mol. The summed E-state index contributed by atoms with van der Waals surface area (Å²) in [7, 11) is 0. The zero-order chi connectivity index (χ0) is 21.0. The zero-order valence-electron chi connectivity index (χ0n) is 17.4. The number of nitrogens with one attached hydrogen (secondary N) is 1. The Balaban J connectivity index is 1.88. The van der Waals surface area contributed by atoms with Gasteiger partial charge >= 0.3 is 5.97 Å². The van der Waals surface area contributed by atoms with E-state index < -0.39 is 5.97 Å². The van der Waals surface area contributed by atoms with Gasteiger partial charge < -0.3 is 14.6 Å². The molecule has 0 fully saturated rings. The lowest BCUT2D eigenvalue weighted by atomic mass is 10.1. The number of carbonyl (C=O) groups excluding carboxylic acids is 3. The maximum absolute atomic E-state index is 12.4. The second kappa shape index (κ2) is 8.87. The summed E-state index contributed by atoms with van der Waals surface area (Å²) in [6.45, 7) is 11.2. The van der Waals surface area contributed by atoms with Crippen molar-refractivity contribution in [2.45, 2.75) is 47.6 Å². The van der Waals surface area contributed by atoms with Crippen molar-refractivity contribution in [3.05, 3.63) is 57.9 Å². The van der Waals surface area contributed by atoms with Gasteiger partial charge in [0.05, 0.1) is 0 Å². The molecule has 0 bridgehead atoms. The molecule has 1 aromatic carbocycles. The molecule has 2 rings (SSSR count). The molecule has 0 saturated carbocycles. The van der Waals surface area contributed by atoms with Crippen molar-refractivity contribution in [3.63, 3.8) is 0 Å². The van der Waals surface area contributed by atoms with Gasteiger partial charge in [0.1, 0.15) is 6.54 Å². The molecule has 0 atom stereocenters. The van der Waals surface area contributed by atoms with E-state index >= 15 is 0 Å². The van der Waals surface area contributed by atoms with Gasteiger partial charge in [0.2, 0.25) is 5.78 Å². The van der Waals surface area contributed by atoms with E-state index in [-0.39, 0.29) is 30.9 Å². The zero-order valence-corrected chi connectivity index (χ0v) is 17.4. The number of rotatable bonds is 7. The summed E-state index contributed by atoms with van der Waals surface area (Å²) >= 11 is 0. The van der Waals surface area contributed by atoms with Crippen LogP contribution < -0.4 is 5.32 Å². The molecule has 0 aliphatic rings. The number of benzene rings is 1. The summed E-state index contributed by atoms with van der Waals surface area (Å²) < 4.78 is 7.11. The number of esters is 1. The third-order valence-electron chi connectivity index (χ3n) is 4.83. The highest BCUT2D eigenvalue weighted by Crippen LogP contribution is 2.20. The third kappa shape index (κ3) is 4.88. The minimum absolute atomic E-state index is 0.240. The van der Waals surface area contributed by atoms with E-state index in [1.54, 1.807) is 12.1 Å². The molecule has 1 heterocycles. The van der Waals surface area contributed by atoms with Crippen LogP contribution in [0.2, 0.25) is 0 Å². The van der Waals surface area contributed by atoms with E-state index in [9.17, 15) is 14.4 Å². The minimum atomic E-state index is -0.650. The number of ketones is 1. The van der Waals surface area contributed by atoms with Gasteiger partial charge in [-0.15, -0.1) is 0 Å². The topological polar surface area (TPSA) is 77.4 Å². The van der Waals surface area contributed by atoms with Crippen LogP contribution >= 0.6 is 0 Å². The number of carbonyl (C=O) groups is 3. The lowest BCUT2D eigenvalue weighted by Gasteiger charge is -2.13. The molecule has 0 aliphatic carbocycles. The second-order valence-corrected chi connectivity index (χ2v) is 7.31. The molecule has 6 nitrogen and oxygen atoms in total. The standard InChI is InChI=1S/C22H28N2O4/c1-13(2)24-16(5)10-19(17(24)6)20(25)12-28-21(26)11-23-22(27)18-8-7-14(3)15(4)9-18/h7-10,13H,11-12H2,1-6H3,(H,23,27). The monoisotopic (exact) mass is 384 g/mol. The lowest BCUT2D eigenvalue weighted by Crippen LogP contribution is -2.31. The average Bonchev–Trinajstić information content (AvgIpc) is 2.94. The second-order valence-electron chi connectivity index (χ2n) is 7.31. The number of aromatic nitrogens is 1. The first-order valence-electron chi connectivity index (χ1n) is 9.34. The Morgan fingerprint density at radius 3 is 2.29 bits per heavy atom. The van der Waals surface area contributed by atoms with E-state index in [0.717, 1.165) is 22.5 Å². The molecule has 0 spiro atoms. The van der Waals surface area contributed by atoms with Crippen molar-refractivity contribution in [2.24, 2.45) is 0 Å². The first kappa shape index (κ1) is 21.4. The van der Waals surface area contributed by atoms with Crippen molar-refractivity contribution in [1.29, 1.82) is 0 Å². The first-order chi connectivity index (χ1) is 13.1. The maximum Gasteiger partial charge on any atom is 0.325 e. The Morgan fingerprint density at radius 2 is 1.71 bits per heavy atom. The van der Waals surface area contributed by atoms with Crippen molar-refractivity contribution in [1.82, 2.24) is 9.88 Å². The van der Waals surface area contributed by atoms with Gasteiger partial charge in [-0.1, -0.05) is 6.07 Å². The summed E-state index contributed by atoms with van der Waals surface area (Å²) in [5.41, 5.74) is 4.97. The van der Waals surface area contributed by atoms with Gasteiger partial charge in [-0.25, -0.2) is 0 Å². The maximum atomic E-state index is 12.4. The van der Waals surface area contributed by atoms with E-state index in [4.69, 9.17) is 4.74 Å². The highest BCUT2D eigenvalue weighted by atomic mass is 16.5. The van der Waals surface area contributed by atoms with Crippen LogP contribution in [-0.2, 0) is 9.53 Å². The van der Waals surface area contributed by atoms with Crippen LogP contribution in [0.25, 0.3) is 0 Å². The predicted octanol–water partition coefficient (Wildman–Crippen LogP) is 3.46. The number of Topliss-reactive ketones (excluding diaryl/α,β-unsaturated/α-hetero) is 1. The van der Waals surface area contributed by atoms with Gasteiger partial charge in [0.15, 0.2) is 6.61 Å². The number of aryl methyl sites for hydroxylation is 3. The van der Waals surface area contributed by atoms with E-state index in [2.05, 4.69) is 9.88 Å². The molecular formula is C22H28N2O4. The molecule has 0 radical (unpaired) electrons. The molecule has 0 unspecified atom stereocenters. The van der Waals surface area contributed by atoms with Crippen molar-refractivity contribution in [2.75, 3.05) is 13.2 Å². The Kier molecular flexibility index (Phi) is 6.78. The van der Waals surface area contributed by atoms with Crippen molar-refractivity contribution in [3.8, 4) is 0 Å². The normalized spacial score (nSPS) is 10.8. The molecule has 2 aromatic rings. The number of nitrogens with zero attached hydrogens (tertiary/aromatic N) is 1. The SMILES string of the molecule is Cc1ccc(C(=O)NCC(=O)OCC(=O)c2cc(C)n(C(C)C)c2C)cc1C. The summed E-state index contributed by atoms with van der Waals surface area (Å²) in [5, 5.41) is 2.52. The highest BCUT2D eigenvalue weighted by molar-refractivity contribution is 6.00. The largest absolute Gasteiger partial charge is 0.456 e. The van der Waals surface area contributed by atoms with Crippen LogP contribution in [0.5, 0.6) is 0 Å². The summed E-state index contributed by atoms with van der Waals surface area (Å²) in [6.07, 6.45) is 0. The average molecular weight is 384 g/mol. The van der Waals surface area contributed by atoms with Crippen molar-refractivity contribution >= 4 is 17.7 Å². The number of hydrogen-bond donors (Lipinski definition) is 1. The molecule has 1 aromatic heterocycles. The van der Waals surface area contributed by atoms with Gasteiger partial charge in [-0.3, -0.25) is 14.4 Å². The molecule has 150 valence electrons. The van der Waals surface area contributed by atoms with Crippen LogP contribution in [0, 0.1) is 27.7 Å². The van der Waals surface area contributed by atoms with E-state index in [0.29, 0.717) is 11.1 Å². The molecule has 0 saturated heterocycles. The fourth-order valence-corrected chi connectivity index (χ4v) is 3.27. The predicted molar refractivity (Wildman–Crippen MR) is 108 cm³/mol. The fraction of sp³-hybridized carbons (Fsp3) is 0.409.